The molecule has 3 rings (SSSR count). The highest BCUT2D eigenvalue weighted by atomic mass is 32.1. The Bertz CT molecular complexity index is 800. The van der Waals surface area contributed by atoms with E-state index < -0.39 is 0 Å². The first kappa shape index (κ1) is 14.7. The van der Waals surface area contributed by atoms with E-state index in [0.29, 0.717) is 12.3 Å². The quantitative estimate of drug-likeness (QED) is 0.692. The minimum Gasteiger partial charge on any atom is -0.486 e. The van der Waals surface area contributed by atoms with E-state index in [9.17, 15) is 4.79 Å². The number of rotatable bonds is 4. The highest BCUT2D eigenvalue weighted by Gasteiger charge is 2.25. The van der Waals surface area contributed by atoms with Crippen molar-refractivity contribution in [2.24, 2.45) is 0 Å². The molecule has 0 fully saturated rings. The molecule has 0 saturated heterocycles. The largest absolute Gasteiger partial charge is 0.486 e. The van der Waals surface area contributed by atoms with Crippen molar-refractivity contribution in [3.8, 4) is 5.75 Å². The highest BCUT2D eigenvalue weighted by molar-refractivity contribution is 7.16. The molecule has 0 saturated carbocycles. The zero-order valence-electron chi connectivity index (χ0n) is 12.7. The predicted molar refractivity (Wildman–Crippen MR) is 85.7 cm³/mol. The van der Waals surface area contributed by atoms with Gasteiger partial charge in [0.2, 0.25) is 4.96 Å². The van der Waals surface area contributed by atoms with Crippen LogP contribution in [0.4, 0.5) is 0 Å². The van der Waals surface area contributed by atoms with Gasteiger partial charge in [0.15, 0.2) is 11.3 Å². The average Bonchev–Trinajstić information content (AvgIpc) is 3.02. The first-order chi connectivity index (χ1) is 10.5. The lowest BCUT2D eigenvalue weighted by atomic mass is 9.91. The van der Waals surface area contributed by atoms with Crippen LogP contribution in [-0.2, 0) is 12.0 Å². The van der Waals surface area contributed by atoms with Gasteiger partial charge in [0, 0.05) is 5.41 Å². The SMILES string of the molecule is CC(C)(C)c1nc2sc(COc3ccccc3)nn2c1C=O. The van der Waals surface area contributed by atoms with Crippen LogP contribution < -0.4 is 4.74 Å². The molecule has 2 aromatic heterocycles. The van der Waals surface area contributed by atoms with Crippen molar-refractivity contribution < 1.29 is 9.53 Å². The Hall–Kier alpha value is -2.21. The second-order valence-corrected chi connectivity index (χ2v) is 7.05. The number of aromatic nitrogens is 3. The van der Waals surface area contributed by atoms with Crippen molar-refractivity contribution in [2.75, 3.05) is 0 Å². The molecule has 0 aliphatic carbocycles. The standard InChI is InChI=1S/C16H17N3O2S/c1-16(2,3)14-12(9-20)19-15(17-14)22-13(18-19)10-21-11-7-5-4-6-8-11/h4-9H,10H2,1-3H3. The van der Waals surface area contributed by atoms with Gasteiger partial charge in [0.25, 0.3) is 0 Å². The van der Waals surface area contributed by atoms with Crippen molar-refractivity contribution in [1.82, 2.24) is 14.6 Å². The summed E-state index contributed by atoms with van der Waals surface area (Å²) in [4.78, 5) is 16.7. The number of imidazole rings is 1. The van der Waals surface area contributed by atoms with Gasteiger partial charge >= 0.3 is 0 Å². The van der Waals surface area contributed by atoms with Gasteiger partial charge in [-0.3, -0.25) is 4.79 Å². The lowest BCUT2D eigenvalue weighted by Gasteiger charge is -2.15. The maximum atomic E-state index is 11.4. The van der Waals surface area contributed by atoms with Crippen molar-refractivity contribution >= 4 is 22.6 Å². The van der Waals surface area contributed by atoms with Crippen LogP contribution >= 0.6 is 11.3 Å². The number of hydrogen-bond donors (Lipinski definition) is 0. The van der Waals surface area contributed by atoms with Gasteiger partial charge in [0.1, 0.15) is 18.1 Å². The number of aldehydes is 1. The molecule has 5 nitrogen and oxygen atoms in total. The van der Waals surface area contributed by atoms with E-state index >= 15 is 0 Å². The molecule has 0 N–H and O–H groups in total. The second-order valence-electron chi connectivity index (χ2n) is 6.01. The number of carbonyl (C=O) groups is 1. The molecule has 114 valence electrons. The van der Waals surface area contributed by atoms with E-state index in [1.807, 2.05) is 51.1 Å². The van der Waals surface area contributed by atoms with Gasteiger partial charge in [0.05, 0.1) is 5.69 Å². The van der Waals surface area contributed by atoms with E-state index in [1.165, 1.54) is 11.3 Å². The number of para-hydroxylation sites is 1. The van der Waals surface area contributed by atoms with Gasteiger partial charge in [-0.25, -0.2) is 4.98 Å². The first-order valence-electron chi connectivity index (χ1n) is 7.01. The van der Waals surface area contributed by atoms with Crippen LogP contribution in [0, 0.1) is 0 Å². The topological polar surface area (TPSA) is 56.5 Å². The molecule has 0 amide bonds. The van der Waals surface area contributed by atoms with E-state index in [0.717, 1.165) is 27.7 Å². The molecule has 22 heavy (non-hydrogen) atoms. The Morgan fingerprint density at radius 1 is 1.27 bits per heavy atom. The van der Waals surface area contributed by atoms with Crippen LogP contribution in [0.2, 0.25) is 0 Å². The van der Waals surface area contributed by atoms with Crippen molar-refractivity contribution in [3.05, 3.63) is 46.7 Å². The summed E-state index contributed by atoms with van der Waals surface area (Å²) in [7, 11) is 0. The number of fused-ring (bicyclic) bond motifs is 1. The molecule has 0 radical (unpaired) electrons. The highest BCUT2D eigenvalue weighted by Crippen LogP contribution is 2.27. The van der Waals surface area contributed by atoms with Crippen LogP contribution in [0.25, 0.3) is 4.96 Å². The lowest BCUT2D eigenvalue weighted by Crippen LogP contribution is -2.15. The van der Waals surface area contributed by atoms with E-state index in [4.69, 9.17) is 4.74 Å². The molecule has 2 heterocycles. The van der Waals surface area contributed by atoms with Gasteiger partial charge in [-0.2, -0.15) is 9.61 Å². The van der Waals surface area contributed by atoms with Gasteiger partial charge in [-0.05, 0) is 12.1 Å². The van der Waals surface area contributed by atoms with Crippen LogP contribution in [0.5, 0.6) is 5.75 Å². The van der Waals surface area contributed by atoms with Crippen LogP contribution in [-0.4, -0.2) is 20.9 Å². The average molecular weight is 315 g/mol. The van der Waals surface area contributed by atoms with E-state index in [1.54, 1.807) is 4.52 Å². The van der Waals surface area contributed by atoms with E-state index in [2.05, 4.69) is 10.1 Å². The normalized spacial score (nSPS) is 11.8. The van der Waals surface area contributed by atoms with Gasteiger partial charge in [-0.15, -0.1) is 0 Å². The lowest BCUT2D eigenvalue weighted by molar-refractivity contribution is 0.111. The third-order valence-electron chi connectivity index (χ3n) is 3.21. The fraction of sp³-hybridized carbons (Fsp3) is 0.312. The Labute approximate surface area is 132 Å². The summed E-state index contributed by atoms with van der Waals surface area (Å²) in [5, 5.41) is 5.24. The first-order valence-corrected chi connectivity index (χ1v) is 7.82. The molecule has 0 bridgehead atoms. The van der Waals surface area contributed by atoms with Crippen molar-refractivity contribution in [3.63, 3.8) is 0 Å². The summed E-state index contributed by atoms with van der Waals surface area (Å²) in [6.45, 7) is 6.46. The maximum absolute atomic E-state index is 11.4. The number of hydrogen-bond acceptors (Lipinski definition) is 5. The Kier molecular flexibility index (Phi) is 3.70. The summed E-state index contributed by atoms with van der Waals surface area (Å²) >= 11 is 1.44. The third-order valence-corrected chi connectivity index (χ3v) is 4.09. The number of nitrogens with zero attached hydrogens (tertiary/aromatic N) is 3. The molecule has 0 atom stereocenters. The molecule has 0 aliphatic rings. The Morgan fingerprint density at radius 3 is 2.64 bits per heavy atom. The second kappa shape index (κ2) is 5.53. The zero-order chi connectivity index (χ0) is 15.7. The Balaban J connectivity index is 1.88. The monoisotopic (exact) mass is 315 g/mol. The zero-order valence-corrected chi connectivity index (χ0v) is 13.6. The fourth-order valence-electron chi connectivity index (χ4n) is 2.18. The number of benzene rings is 1. The molecular formula is C16H17N3O2S. The number of carbonyl (C=O) groups excluding carboxylic acids is 1. The molecule has 6 heteroatoms. The maximum Gasteiger partial charge on any atom is 0.213 e. The van der Waals surface area contributed by atoms with Crippen molar-refractivity contribution in [2.45, 2.75) is 32.8 Å². The molecule has 3 aromatic rings. The molecule has 0 spiro atoms. The molecular weight excluding hydrogens is 298 g/mol. The molecule has 1 aromatic carbocycles. The third kappa shape index (κ3) is 2.74. The van der Waals surface area contributed by atoms with Gasteiger partial charge in [-0.1, -0.05) is 50.3 Å². The smallest absolute Gasteiger partial charge is 0.213 e. The predicted octanol–water partition coefficient (Wildman–Crippen LogP) is 3.48. The van der Waals surface area contributed by atoms with Crippen LogP contribution in [0.3, 0.4) is 0 Å². The summed E-state index contributed by atoms with van der Waals surface area (Å²) in [6.07, 6.45) is 0.822. The van der Waals surface area contributed by atoms with Gasteiger partial charge < -0.3 is 4.74 Å². The minimum atomic E-state index is -0.190. The molecule has 0 unspecified atom stereocenters. The number of ether oxygens (including phenoxy) is 1. The summed E-state index contributed by atoms with van der Waals surface area (Å²) in [6, 6.07) is 9.57. The fourth-order valence-corrected chi connectivity index (χ4v) is 3.00. The summed E-state index contributed by atoms with van der Waals surface area (Å²) < 4.78 is 7.29. The van der Waals surface area contributed by atoms with Crippen LogP contribution in [0.1, 0.15) is 42.0 Å². The minimum absolute atomic E-state index is 0.190. The summed E-state index contributed by atoms with van der Waals surface area (Å²) in [5.41, 5.74) is 1.10. The van der Waals surface area contributed by atoms with E-state index in [-0.39, 0.29) is 5.41 Å². The molecule has 0 aliphatic heterocycles. The van der Waals surface area contributed by atoms with Crippen LogP contribution in [0.15, 0.2) is 30.3 Å². The van der Waals surface area contributed by atoms with Crippen molar-refractivity contribution in [1.29, 1.82) is 0 Å². The Morgan fingerprint density at radius 2 is 2.00 bits per heavy atom. The summed E-state index contributed by atoms with van der Waals surface area (Å²) in [5.74, 6) is 0.793.